The molecule has 2 rings (SSSR count). The maximum Gasteiger partial charge on any atom is 0.255 e. The average molecular weight is 363 g/mol. The van der Waals surface area contributed by atoms with Gasteiger partial charge in [-0.05, 0) is 52.3 Å². The van der Waals surface area contributed by atoms with Crippen molar-refractivity contribution in [2.75, 3.05) is 5.32 Å². The number of carbonyl (C=O) groups excluding carboxylic acids is 1. The lowest BCUT2D eigenvalue weighted by molar-refractivity contribution is -0.127. The third-order valence-electron chi connectivity index (χ3n) is 3.50. The summed E-state index contributed by atoms with van der Waals surface area (Å²) < 4.78 is 11.5. The lowest BCUT2D eigenvalue weighted by atomic mass is 10.1. The highest BCUT2D eigenvalue weighted by Gasteiger charge is 2.26. The van der Waals surface area contributed by atoms with Crippen molar-refractivity contribution in [2.45, 2.75) is 59.0 Å². The molecule has 0 aliphatic carbocycles. The molecule has 0 radical (unpaired) electrons. The van der Waals surface area contributed by atoms with Gasteiger partial charge in [-0.25, -0.2) is 4.98 Å². The van der Waals surface area contributed by atoms with Gasteiger partial charge in [-0.2, -0.15) is 0 Å². The van der Waals surface area contributed by atoms with Crippen LogP contribution in [0.15, 0.2) is 29.9 Å². The molecule has 25 heavy (non-hydrogen) atoms. The minimum Gasteiger partial charge on any atom is -0.367 e. The predicted molar refractivity (Wildman–Crippen MR) is 98.5 cm³/mol. The van der Waals surface area contributed by atoms with E-state index in [1.807, 2.05) is 45.2 Å². The van der Waals surface area contributed by atoms with Gasteiger partial charge in [0.1, 0.15) is 11.7 Å². The minimum absolute atomic E-state index is 0.0938. The van der Waals surface area contributed by atoms with Crippen LogP contribution in [0.5, 0.6) is 0 Å². The Hall–Kier alpha value is -1.83. The molecule has 2 heterocycles. The van der Waals surface area contributed by atoms with Crippen molar-refractivity contribution in [3.8, 4) is 0 Å². The minimum atomic E-state index is -0.583. The standard InChI is InChI=1S/C18H25N3O3S/c1-12(2)24-18(4,5)15-11-25-17(20-15)21-16(22)13(3)23-10-14-6-8-19-9-7-14/h6-9,11-13H,10H2,1-5H3,(H,20,21,22). The van der Waals surface area contributed by atoms with E-state index in [1.54, 1.807) is 19.3 Å². The molecule has 6 nitrogen and oxygen atoms in total. The molecule has 136 valence electrons. The average Bonchev–Trinajstić information content (AvgIpc) is 3.02. The molecule has 2 aromatic heterocycles. The van der Waals surface area contributed by atoms with Gasteiger partial charge in [0.15, 0.2) is 5.13 Å². The molecule has 7 heteroatoms. The van der Waals surface area contributed by atoms with Crippen LogP contribution in [0.25, 0.3) is 0 Å². The van der Waals surface area contributed by atoms with E-state index in [1.165, 1.54) is 11.3 Å². The summed E-state index contributed by atoms with van der Waals surface area (Å²) in [6, 6.07) is 3.71. The van der Waals surface area contributed by atoms with E-state index in [0.717, 1.165) is 11.3 Å². The highest BCUT2D eigenvalue weighted by atomic mass is 32.1. The van der Waals surface area contributed by atoms with Crippen LogP contribution in [0.1, 0.15) is 45.9 Å². The number of ether oxygens (including phenoxy) is 2. The van der Waals surface area contributed by atoms with Gasteiger partial charge in [-0.1, -0.05) is 0 Å². The number of hydrogen-bond donors (Lipinski definition) is 1. The van der Waals surface area contributed by atoms with Crippen LogP contribution < -0.4 is 5.32 Å². The van der Waals surface area contributed by atoms with E-state index < -0.39 is 11.7 Å². The summed E-state index contributed by atoms with van der Waals surface area (Å²) in [5.41, 5.74) is 1.27. The summed E-state index contributed by atoms with van der Waals surface area (Å²) in [6.45, 7) is 9.98. The highest BCUT2D eigenvalue weighted by molar-refractivity contribution is 7.13. The number of amides is 1. The van der Waals surface area contributed by atoms with Crippen molar-refractivity contribution in [3.05, 3.63) is 41.2 Å². The third kappa shape index (κ3) is 5.88. The predicted octanol–water partition coefficient (Wildman–Crippen LogP) is 3.74. The van der Waals surface area contributed by atoms with Crippen LogP contribution in [0.2, 0.25) is 0 Å². The number of hydrogen-bond acceptors (Lipinski definition) is 6. The fourth-order valence-electron chi connectivity index (χ4n) is 2.24. The second-order valence-electron chi connectivity index (χ2n) is 6.51. The first-order valence-corrected chi connectivity index (χ1v) is 9.11. The van der Waals surface area contributed by atoms with E-state index >= 15 is 0 Å². The molecule has 2 aromatic rings. The smallest absolute Gasteiger partial charge is 0.255 e. The molecule has 0 bridgehead atoms. The molecule has 1 N–H and O–H groups in total. The lowest BCUT2D eigenvalue weighted by Gasteiger charge is -2.25. The maximum atomic E-state index is 12.3. The summed E-state index contributed by atoms with van der Waals surface area (Å²) in [4.78, 5) is 20.7. The number of thiazole rings is 1. The Kier molecular flexibility index (Phi) is 6.64. The van der Waals surface area contributed by atoms with Gasteiger partial charge >= 0.3 is 0 Å². The molecule has 1 atom stereocenters. The summed E-state index contributed by atoms with van der Waals surface area (Å²) in [5.74, 6) is -0.224. The van der Waals surface area contributed by atoms with Gasteiger partial charge in [0.2, 0.25) is 0 Å². The van der Waals surface area contributed by atoms with Crippen molar-refractivity contribution in [1.29, 1.82) is 0 Å². The number of nitrogens with one attached hydrogen (secondary N) is 1. The van der Waals surface area contributed by atoms with Gasteiger partial charge < -0.3 is 9.47 Å². The Morgan fingerprint density at radius 2 is 1.96 bits per heavy atom. The molecule has 0 spiro atoms. The molecule has 0 fully saturated rings. The van der Waals surface area contributed by atoms with E-state index in [9.17, 15) is 4.79 Å². The summed E-state index contributed by atoms with van der Waals surface area (Å²) >= 11 is 1.38. The Labute approximate surface area is 152 Å². The van der Waals surface area contributed by atoms with Crippen LogP contribution in [0.4, 0.5) is 5.13 Å². The lowest BCUT2D eigenvalue weighted by Crippen LogP contribution is -2.28. The highest BCUT2D eigenvalue weighted by Crippen LogP contribution is 2.29. The van der Waals surface area contributed by atoms with Crippen LogP contribution in [0.3, 0.4) is 0 Å². The number of rotatable bonds is 8. The largest absolute Gasteiger partial charge is 0.367 e. The van der Waals surface area contributed by atoms with Crippen molar-refractivity contribution >= 4 is 22.4 Å². The number of carbonyl (C=O) groups is 1. The number of aromatic nitrogens is 2. The van der Waals surface area contributed by atoms with Crippen molar-refractivity contribution < 1.29 is 14.3 Å². The Bertz CT molecular complexity index is 686. The Morgan fingerprint density at radius 3 is 2.60 bits per heavy atom. The fraction of sp³-hybridized carbons (Fsp3) is 0.500. The zero-order valence-electron chi connectivity index (χ0n) is 15.3. The van der Waals surface area contributed by atoms with Gasteiger partial charge in [0.25, 0.3) is 5.91 Å². The van der Waals surface area contributed by atoms with Crippen LogP contribution in [-0.4, -0.2) is 28.1 Å². The Morgan fingerprint density at radius 1 is 1.28 bits per heavy atom. The van der Waals surface area contributed by atoms with E-state index in [2.05, 4.69) is 15.3 Å². The maximum absolute atomic E-state index is 12.3. The molecule has 1 amide bonds. The van der Waals surface area contributed by atoms with E-state index in [4.69, 9.17) is 9.47 Å². The first-order chi connectivity index (χ1) is 11.8. The molecule has 1 unspecified atom stereocenters. The van der Waals surface area contributed by atoms with Crippen LogP contribution in [-0.2, 0) is 26.5 Å². The zero-order chi connectivity index (χ0) is 18.4. The molecule has 0 saturated carbocycles. The van der Waals surface area contributed by atoms with Gasteiger partial charge in [0.05, 0.1) is 18.4 Å². The molecule has 0 saturated heterocycles. The SMILES string of the molecule is CC(C)OC(C)(C)c1csc(NC(=O)C(C)OCc2ccncc2)n1. The molecule has 0 aromatic carbocycles. The molecule has 0 aliphatic rings. The summed E-state index contributed by atoms with van der Waals surface area (Å²) in [6.07, 6.45) is 2.90. The monoisotopic (exact) mass is 363 g/mol. The first kappa shape index (κ1) is 19.5. The topological polar surface area (TPSA) is 73.3 Å². The fourth-order valence-corrected chi connectivity index (χ4v) is 3.11. The molecular formula is C18H25N3O3S. The number of pyridine rings is 1. The Balaban J connectivity index is 1.90. The quantitative estimate of drug-likeness (QED) is 0.773. The molecule has 0 aliphatic heterocycles. The number of anilines is 1. The van der Waals surface area contributed by atoms with Crippen LogP contribution in [0, 0.1) is 0 Å². The third-order valence-corrected chi connectivity index (χ3v) is 4.26. The second-order valence-corrected chi connectivity index (χ2v) is 7.37. The van der Waals surface area contributed by atoms with Gasteiger partial charge in [-0.3, -0.25) is 15.1 Å². The van der Waals surface area contributed by atoms with Crippen molar-refractivity contribution in [2.24, 2.45) is 0 Å². The first-order valence-electron chi connectivity index (χ1n) is 8.23. The van der Waals surface area contributed by atoms with E-state index in [0.29, 0.717) is 11.7 Å². The second kappa shape index (κ2) is 8.51. The summed E-state index contributed by atoms with van der Waals surface area (Å²) in [5, 5.41) is 5.24. The van der Waals surface area contributed by atoms with Crippen molar-refractivity contribution in [1.82, 2.24) is 9.97 Å². The normalized spacial score (nSPS) is 13.0. The zero-order valence-corrected chi connectivity index (χ0v) is 16.1. The van der Waals surface area contributed by atoms with Gasteiger partial charge in [0, 0.05) is 17.8 Å². The number of nitrogens with zero attached hydrogens (tertiary/aromatic N) is 2. The van der Waals surface area contributed by atoms with Gasteiger partial charge in [-0.15, -0.1) is 11.3 Å². The van der Waals surface area contributed by atoms with Crippen LogP contribution >= 0.6 is 11.3 Å². The molecular weight excluding hydrogens is 338 g/mol. The van der Waals surface area contributed by atoms with Crippen molar-refractivity contribution in [3.63, 3.8) is 0 Å². The van der Waals surface area contributed by atoms with E-state index in [-0.39, 0.29) is 12.0 Å². The summed E-state index contributed by atoms with van der Waals surface area (Å²) in [7, 11) is 0.